The molecule has 122 valence electrons. The highest BCUT2D eigenvalue weighted by Gasteiger charge is 2.30. The third kappa shape index (κ3) is 2.88. The van der Waals surface area contributed by atoms with Crippen molar-refractivity contribution in [1.82, 2.24) is 14.5 Å². The number of rotatable bonds is 4. The van der Waals surface area contributed by atoms with Crippen LogP contribution in [0.2, 0.25) is 0 Å². The van der Waals surface area contributed by atoms with Gasteiger partial charge in [-0.3, -0.25) is 4.90 Å². The van der Waals surface area contributed by atoms with E-state index in [9.17, 15) is 13.9 Å². The maximum absolute atomic E-state index is 13.8. The van der Waals surface area contributed by atoms with E-state index >= 15 is 0 Å². The molecule has 1 N–H and O–H groups in total. The summed E-state index contributed by atoms with van der Waals surface area (Å²) >= 11 is 0. The zero-order valence-electron chi connectivity index (χ0n) is 12.8. The van der Waals surface area contributed by atoms with Gasteiger partial charge in [-0.25, -0.2) is 13.8 Å². The highest BCUT2D eigenvalue weighted by atomic mass is 19.1. The van der Waals surface area contributed by atoms with Gasteiger partial charge in [0.25, 0.3) is 0 Å². The lowest BCUT2D eigenvalue weighted by molar-refractivity contribution is 0.101. The average molecular weight is 319 g/mol. The third-order valence-electron chi connectivity index (χ3n) is 4.71. The van der Waals surface area contributed by atoms with Crippen molar-refractivity contribution in [2.75, 3.05) is 13.1 Å². The lowest BCUT2D eigenvalue weighted by Gasteiger charge is -2.29. The molecule has 2 aromatic rings. The number of fused-ring (bicyclic) bond motifs is 1. The Morgan fingerprint density at radius 3 is 2.91 bits per heavy atom. The normalized spacial score (nSPS) is 19.6. The Bertz CT molecular complexity index is 727. The van der Waals surface area contributed by atoms with Crippen LogP contribution in [0.1, 0.15) is 41.9 Å². The van der Waals surface area contributed by atoms with Crippen LogP contribution in [0.15, 0.2) is 24.5 Å². The molecule has 1 aliphatic heterocycles. The topological polar surface area (TPSA) is 41.3 Å². The molecule has 4 nitrogen and oxygen atoms in total. The van der Waals surface area contributed by atoms with E-state index < -0.39 is 17.7 Å². The van der Waals surface area contributed by atoms with Crippen LogP contribution in [-0.4, -0.2) is 32.6 Å². The summed E-state index contributed by atoms with van der Waals surface area (Å²) in [5, 5.41) is 10.3. The van der Waals surface area contributed by atoms with Gasteiger partial charge in [0.15, 0.2) is 0 Å². The highest BCUT2D eigenvalue weighted by molar-refractivity contribution is 5.22. The summed E-state index contributed by atoms with van der Waals surface area (Å²) in [6.07, 6.45) is 4.20. The predicted molar refractivity (Wildman–Crippen MR) is 80.8 cm³/mol. The number of aliphatic hydroxyl groups is 1. The van der Waals surface area contributed by atoms with Crippen LogP contribution in [-0.2, 0) is 13.0 Å². The Kier molecular flexibility index (Phi) is 3.66. The number of hydrogen-bond acceptors (Lipinski definition) is 3. The number of imidazole rings is 1. The van der Waals surface area contributed by atoms with Crippen molar-refractivity contribution in [3.8, 4) is 0 Å². The maximum atomic E-state index is 13.8. The average Bonchev–Trinajstić information content (AvgIpc) is 3.29. The molecular formula is C17H19F2N3O. The lowest BCUT2D eigenvalue weighted by atomic mass is 10.1. The van der Waals surface area contributed by atoms with Gasteiger partial charge < -0.3 is 9.67 Å². The number of aliphatic hydroxyl groups excluding tert-OH is 1. The molecule has 1 atom stereocenters. The summed E-state index contributed by atoms with van der Waals surface area (Å²) in [5.41, 5.74) is 2.34. The second-order valence-electron chi connectivity index (χ2n) is 6.44. The zero-order chi connectivity index (χ0) is 16.0. The first kappa shape index (κ1) is 14.8. The molecule has 1 aromatic carbocycles. The quantitative estimate of drug-likeness (QED) is 0.942. The van der Waals surface area contributed by atoms with Crippen LogP contribution < -0.4 is 0 Å². The lowest BCUT2D eigenvalue weighted by Crippen LogP contribution is -2.34. The minimum absolute atomic E-state index is 0.0132. The molecule has 1 fully saturated rings. The Balaban J connectivity index is 1.46. The summed E-state index contributed by atoms with van der Waals surface area (Å²) in [6.45, 7) is 1.71. The molecule has 23 heavy (non-hydrogen) atoms. The van der Waals surface area contributed by atoms with E-state index in [0.29, 0.717) is 12.6 Å². The van der Waals surface area contributed by atoms with Gasteiger partial charge in [0.2, 0.25) is 0 Å². The van der Waals surface area contributed by atoms with E-state index in [1.807, 2.05) is 11.2 Å². The van der Waals surface area contributed by atoms with E-state index in [-0.39, 0.29) is 12.1 Å². The van der Waals surface area contributed by atoms with Crippen LogP contribution in [0.3, 0.4) is 0 Å². The zero-order valence-corrected chi connectivity index (χ0v) is 12.8. The minimum Gasteiger partial charge on any atom is -0.387 e. The summed E-state index contributed by atoms with van der Waals surface area (Å²) < 4.78 is 29.3. The SMILES string of the molecule is O[C@H](CN1CCc2c(ncn2C2CC2)C1)c1cc(F)ccc1F. The monoisotopic (exact) mass is 319 g/mol. The van der Waals surface area contributed by atoms with Gasteiger partial charge >= 0.3 is 0 Å². The molecule has 1 saturated carbocycles. The van der Waals surface area contributed by atoms with Gasteiger partial charge in [0, 0.05) is 43.4 Å². The van der Waals surface area contributed by atoms with Crippen molar-refractivity contribution in [2.24, 2.45) is 0 Å². The van der Waals surface area contributed by atoms with Crippen molar-refractivity contribution in [2.45, 2.75) is 38.0 Å². The van der Waals surface area contributed by atoms with Crippen LogP contribution in [0.5, 0.6) is 0 Å². The van der Waals surface area contributed by atoms with Crippen LogP contribution in [0.4, 0.5) is 8.78 Å². The third-order valence-corrected chi connectivity index (χ3v) is 4.71. The molecule has 2 heterocycles. The fourth-order valence-corrected chi connectivity index (χ4v) is 3.32. The number of hydrogen-bond donors (Lipinski definition) is 1. The highest BCUT2D eigenvalue weighted by Crippen LogP contribution is 2.37. The second-order valence-corrected chi connectivity index (χ2v) is 6.44. The first-order chi connectivity index (χ1) is 11.1. The molecule has 0 radical (unpaired) electrons. The molecule has 0 amide bonds. The maximum Gasteiger partial charge on any atom is 0.129 e. The molecule has 1 aliphatic carbocycles. The Morgan fingerprint density at radius 2 is 2.13 bits per heavy atom. The van der Waals surface area contributed by atoms with Crippen LogP contribution >= 0.6 is 0 Å². The van der Waals surface area contributed by atoms with Crippen molar-refractivity contribution in [1.29, 1.82) is 0 Å². The van der Waals surface area contributed by atoms with E-state index in [1.165, 1.54) is 18.5 Å². The number of nitrogens with zero attached hydrogens (tertiary/aromatic N) is 3. The molecule has 1 aromatic heterocycles. The number of β-amino-alcohol motifs (C(OH)–C–C–N with tert-alkyl or cyclic N) is 1. The summed E-state index contributed by atoms with van der Waals surface area (Å²) in [4.78, 5) is 6.53. The van der Waals surface area contributed by atoms with E-state index in [0.717, 1.165) is 36.9 Å². The second kappa shape index (κ2) is 5.69. The first-order valence-corrected chi connectivity index (χ1v) is 8.02. The van der Waals surface area contributed by atoms with Crippen molar-refractivity contribution < 1.29 is 13.9 Å². The standard InChI is InChI=1S/C17H19F2N3O/c18-11-1-4-14(19)13(7-11)17(23)9-21-6-5-16-15(8-21)20-10-22(16)12-2-3-12/h1,4,7,10,12,17,23H,2-3,5-6,8-9H2/t17-/m1/s1. The Labute approximate surface area is 133 Å². The van der Waals surface area contributed by atoms with Gasteiger partial charge in [-0.2, -0.15) is 0 Å². The van der Waals surface area contributed by atoms with Crippen molar-refractivity contribution in [3.05, 3.63) is 53.1 Å². The summed E-state index contributed by atoms with van der Waals surface area (Å²) in [5.74, 6) is -1.11. The predicted octanol–water partition coefficient (Wildman–Crippen LogP) is 2.59. The fraction of sp³-hybridized carbons (Fsp3) is 0.471. The number of halogens is 2. The molecule has 6 heteroatoms. The molecular weight excluding hydrogens is 300 g/mol. The Hall–Kier alpha value is -1.79. The molecule has 2 aliphatic rings. The molecule has 0 unspecified atom stereocenters. The van der Waals surface area contributed by atoms with Crippen molar-refractivity contribution in [3.63, 3.8) is 0 Å². The summed E-state index contributed by atoms with van der Waals surface area (Å²) in [7, 11) is 0. The van der Waals surface area contributed by atoms with Crippen LogP contribution in [0, 0.1) is 11.6 Å². The Morgan fingerprint density at radius 1 is 1.30 bits per heavy atom. The molecule has 4 rings (SSSR count). The molecule has 0 bridgehead atoms. The van der Waals surface area contributed by atoms with Gasteiger partial charge in [-0.05, 0) is 31.0 Å². The minimum atomic E-state index is -1.04. The van der Waals surface area contributed by atoms with Gasteiger partial charge in [-0.1, -0.05) is 0 Å². The molecule has 0 spiro atoms. The number of benzene rings is 1. The molecule has 0 saturated heterocycles. The van der Waals surface area contributed by atoms with E-state index in [4.69, 9.17) is 0 Å². The van der Waals surface area contributed by atoms with Gasteiger partial charge in [0.05, 0.1) is 18.1 Å². The summed E-state index contributed by atoms with van der Waals surface area (Å²) in [6, 6.07) is 3.80. The smallest absolute Gasteiger partial charge is 0.129 e. The first-order valence-electron chi connectivity index (χ1n) is 8.02. The van der Waals surface area contributed by atoms with E-state index in [1.54, 1.807) is 0 Å². The van der Waals surface area contributed by atoms with Gasteiger partial charge in [0.1, 0.15) is 11.6 Å². The largest absolute Gasteiger partial charge is 0.387 e. The van der Waals surface area contributed by atoms with Crippen LogP contribution in [0.25, 0.3) is 0 Å². The number of aromatic nitrogens is 2. The fourth-order valence-electron chi connectivity index (χ4n) is 3.32. The van der Waals surface area contributed by atoms with Gasteiger partial charge in [-0.15, -0.1) is 0 Å². The van der Waals surface area contributed by atoms with Crippen molar-refractivity contribution >= 4 is 0 Å². The van der Waals surface area contributed by atoms with E-state index in [2.05, 4.69) is 9.55 Å².